The van der Waals surface area contributed by atoms with E-state index in [9.17, 15) is 25.0 Å². The predicted octanol–water partition coefficient (Wildman–Crippen LogP) is 2.77. The number of hydrazine groups is 1. The Hall–Kier alpha value is -4.13. The van der Waals surface area contributed by atoms with Gasteiger partial charge in [0.2, 0.25) is 11.6 Å². The van der Waals surface area contributed by atoms with Crippen LogP contribution in [0.5, 0.6) is 0 Å². The van der Waals surface area contributed by atoms with Gasteiger partial charge in [0.15, 0.2) is 0 Å². The van der Waals surface area contributed by atoms with E-state index in [-0.39, 0.29) is 17.2 Å². The van der Waals surface area contributed by atoms with E-state index in [4.69, 9.17) is 0 Å². The van der Waals surface area contributed by atoms with E-state index < -0.39 is 27.1 Å². The summed E-state index contributed by atoms with van der Waals surface area (Å²) in [4.78, 5) is 42.3. The number of aromatic nitrogens is 2. The van der Waals surface area contributed by atoms with Crippen LogP contribution in [-0.2, 0) is 6.42 Å². The molecule has 3 aromatic rings. The monoisotopic (exact) mass is 429 g/mol. The lowest BCUT2D eigenvalue weighted by Gasteiger charge is -2.11. The molecule has 1 aromatic carbocycles. The molecule has 2 heterocycles. The zero-order chi connectivity index (χ0) is 21.5. The number of carbonyl (C=O) groups is 1. The van der Waals surface area contributed by atoms with Gasteiger partial charge in [-0.3, -0.25) is 35.9 Å². The van der Waals surface area contributed by atoms with Gasteiger partial charge in [0.25, 0.3) is 11.6 Å². The molecule has 0 fully saturated rings. The molecule has 13 heteroatoms. The van der Waals surface area contributed by atoms with E-state index in [1.54, 1.807) is 11.3 Å². The number of carbonyl (C=O) groups excluding carboxylic acids is 1. The molecular weight excluding hydrogens is 414 g/mol. The SMILES string of the molecule is O=C(NNc1ncnc(NCCc2cccs2)c1[N+](=O)[O-])c1ccccc1[N+](=O)[O-]. The van der Waals surface area contributed by atoms with Gasteiger partial charge in [0.05, 0.1) is 9.85 Å². The van der Waals surface area contributed by atoms with Crippen LogP contribution < -0.4 is 16.2 Å². The predicted molar refractivity (Wildman–Crippen MR) is 109 cm³/mol. The van der Waals surface area contributed by atoms with Gasteiger partial charge in [-0.15, -0.1) is 11.3 Å². The van der Waals surface area contributed by atoms with E-state index in [1.807, 2.05) is 17.5 Å². The third-order valence-corrected chi connectivity index (χ3v) is 4.82. The standard InChI is InChI=1S/C17H15N7O5S/c25-17(12-5-1-2-6-13(12)23(26)27)22-21-16-14(24(28)29)15(19-10-20-16)18-8-7-11-4-3-9-30-11/h1-6,9-10H,7-8H2,(H,22,25)(H2,18,19,20,21). The maximum absolute atomic E-state index is 12.3. The number of nitro benzene ring substituents is 1. The first-order chi connectivity index (χ1) is 14.5. The molecule has 3 rings (SSSR count). The van der Waals surface area contributed by atoms with E-state index >= 15 is 0 Å². The molecule has 0 aliphatic rings. The summed E-state index contributed by atoms with van der Waals surface area (Å²) in [6.07, 6.45) is 1.75. The lowest BCUT2D eigenvalue weighted by atomic mass is 10.2. The van der Waals surface area contributed by atoms with E-state index in [2.05, 4.69) is 26.1 Å². The van der Waals surface area contributed by atoms with Crippen molar-refractivity contribution in [3.8, 4) is 0 Å². The van der Waals surface area contributed by atoms with Gasteiger partial charge in [-0.1, -0.05) is 18.2 Å². The minimum Gasteiger partial charge on any atom is -0.364 e. The van der Waals surface area contributed by atoms with Crippen LogP contribution in [-0.4, -0.2) is 32.3 Å². The lowest BCUT2D eigenvalue weighted by molar-refractivity contribution is -0.385. The van der Waals surface area contributed by atoms with Gasteiger partial charge in [-0.05, 0) is 23.9 Å². The van der Waals surface area contributed by atoms with Gasteiger partial charge >= 0.3 is 5.69 Å². The molecule has 0 unspecified atom stereocenters. The van der Waals surface area contributed by atoms with Crippen molar-refractivity contribution in [2.45, 2.75) is 6.42 Å². The fourth-order valence-corrected chi connectivity index (χ4v) is 3.25. The largest absolute Gasteiger partial charge is 0.364 e. The Kier molecular flexibility index (Phi) is 6.44. The van der Waals surface area contributed by atoms with Crippen molar-refractivity contribution in [3.05, 3.63) is 78.8 Å². The first kappa shape index (κ1) is 20.6. The number of nitrogens with zero attached hydrogens (tertiary/aromatic N) is 4. The molecule has 0 aliphatic carbocycles. The number of para-hydroxylation sites is 1. The number of thiophene rings is 1. The Bertz CT molecular complexity index is 1070. The second-order valence-corrected chi connectivity index (χ2v) is 6.82. The number of nitrogens with one attached hydrogen (secondary N) is 3. The molecule has 154 valence electrons. The number of amides is 1. The summed E-state index contributed by atoms with van der Waals surface area (Å²) in [5.74, 6) is -1.13. The van der Waals surface area contributed by atoms with Crippen LogP contribution in [0.4, 0.5) is 23.0 Å². The highest BCUT2D eigenvalue weighted by Crippen LogP contribution is 2.28. The number of rotatable bonds is 9. The molecule has 0 spiro atoms. The van der Waals surface area contributed by atoms with Crippen molar-refractivity contribution in [2.24, 2.45) is 0 Å². The summed E-state index contributed by atoms with van der Waals surface area (Å²) in [5.41, 5.74) is 3.48. The van der Waals surface area contributed by atoms with Gasteiger partial charge in [-0.2, -0.15) is 0 Å². The van der Waals surface area contributed by atoms with Crippen molar-refractivity contribution in [3.63, 3.8) is 0 Å². The molecule has 12 nitrogen and oxygen atoms in total. The van der Waals surface area contributed by atoms with E-state index in [1.165, 1.54) is 24.3 Å². The molecule has 0 atom stereocenters. The fraction of sp³-hybridized carbons (Fsp3) is 0.118. The molecule has 0 saturated carbocycles. The Labute approximate surface area is 173 Å². The third kappa shape index (κ3) is 4.82. The number of nitro groups is 2. The summed E-state index contributed by atoms with van der Waals surface area (Å²) in [6.45, 7) is 0.403. The highest BCUT2D eigenvalue weighted by molar-refractivity contribution is 7.09. The van der Waals surface area contributed by atoms with Crippen LogP contribution in [0.15, 0.2) is 48.1 Å². The van der Waals surface area contributed by atoms with Gasteiger partial charge in [-0.25, -0.2) is 9.97 Å². The average molecular weight is 429 g/mol. The number of benzene rings is 1. The Morgan fingerprint density at radius 1 is 1.03 bits per heavy atom. The smallest absolute Gasteiger partial charge is 0.354 e. The minimum absolute atomic E-state index is 0.0194. The van der Waals surface area contributed by atoms with Crippen molar-refractivity contribution in [2.75, 3.05) is 17.3 Å². The normalized spacial score (nSPS) is 10.3. The first-order valence-electron chi connectivity index (χ1n) is 8.52. The van der Waals surface area contributed by atoms with E-state index in [0.717, 1.165) is 11.2 Å². The number of hydrogen-bond acceptors (Lipinski definition) is 10. The zero-order valence-electron chi connectivity index (χ0n) is 15.3. The first-order valence-corrected chi connectivity index (χ1v) is 9.40. The molecule has 0 saturated heterocycles. The Morgan fingerprint density at radius 2 is 1.80 bits per heavy atom. The summed E-state index contributed by atoms with van der Waals surface area (Å²) in [5, 5.41) is 27.4. The molecule has 1 amide bonds. The van der Waals surface area contributed by atoms with Crippen molar-refractivity contribution >= 4 is 40.3 Å². The third-order valence-electron chi connectivity index (χ3n) is 3.89. The van der Waals surface area contributed by atoms with Crippen LogP contribution in [0.3, 0.4) is 0 Å². The fourth-order valence-electron chi connectivity index (χ4n) is 2.54. The molecule has 2 aromatic heterocycles. The van der Waals surface area contributed by atoms with Crippen molar-refractivity contribution in [1.29, 1.82) is 0 Å². The average Bonchev–Trinajstić information content (AvgIpc) is 3.25. The van der Waals surface area contributed by atoms with Gasteiger partial charge in [0.1, 0.15) is 11.9 Å². The second kappa shape index (κ2) is 9.38. The molecule has 0 aliphatic heterocycles. The number of anilines is 2. The number of hydrogen-bond donors (Lipinski definition) is 3. The zero-order valence-corrected chi connectivity index (χ0v) is 16.1. The lowest BCUT2D eigenvalue weighted by Crippen LogP contribution is -2.31. The maximum atomic E-state index is 12.3. The highest BCUT2D eigenvalue weighted by atomic mass is 32.1. The second-order valence-electron chi connectivity index (χ2n) is 5.79. The molecule has 0 bridgehead atoms. The Morgan fingerprint density at radius 3 is 2.50 bits per heavy atom. The molecule has 30 heavy (non-hydrogen) atoms. The van der Waals surface area contributed by atoms with Gasteiger partial charge < -0.3 is 5.32 Å². The van der Waals surface area contributed by atoms with Crippen molar-refractivity contribution in [1.82, 2.24) is 15.4 Å². The Balaban J connectivity index is 1.73. The quantitative estimate of drug-likeness (QED) is 0.342. The van der Waals surface area contributed by atoms with Crippen LogP contribution in [0.1, 0.15) is 15.2 Å². The molecular formula is C17H15N7O5S. The summed E-state index contributed by atoms with van der Waals surface area (Å²) < 4.78 is 0. The highest BCUT2D eigenvalue weighted by Gasteiger charge is 2.24. The van der Waals surface area contributed by atoms with Crippen LogP contribution in [0.25, 0.3) is 0 Å². The van der Waals surface area contributed by atoms with Crippen LogP contribution >= 0.6 is 11.3 Å². The summed E-state index contributed by atoms with van der Waals surface area (Å²) >= 11 is 1.57. The topological polar surface area (TPSA) is 165 Å². The molecule has 3 N–H and O–H groups in total. The van der Waals surface area contributed by atoms with Crippen LogP contribution in [0, 0.1) is 20.2 Å². The van der Waals surface area contributed by atoms with Crippen molar-refractivity contribution < 1.29 is 14.6 Å². The van der Waals surface area contributed by atoms with E-state index in [0.29, 0.717) is 13.0 Å². The summed E-state index contributed by atoms with van der Waals surface area (Å²) in [7, 11) is 0. The van der Waals surface area contributed by atoms with Gasteiger partial charge in [0, 0.05) is 17.5 Å². The maximum Gasteiger partial charge on any atom is 0.354 e. The molecule has 0 radical (unpaired) electrons. The minimum atomic E-state index is -0.845. The van der Waals surface area contributed by atoms with Crippen LogP contribution in [0.2, 0.25) is 0 Å². The summed E-state index contributed by atoms with van der Waals surface area (Å²) in [6, 6.07) is 9.19.